The van der Waals surface area contributed by atoms with Crippen LogP contribution in [0.15, 0.2) is 0 Å². The fourth-order valence-corrected chi connectivity index (χ4v) is 8.52. The van der Waals surface area contributed by atoms with E-state index in [1.165, 1.54) is 199 Å². The van der Waals surface area contributed by atoms with E-state index in [9.17, 15) is 19.0 Å². The van der Waals surface area contributed by atoms with Gasteiger partial charge in [0.05, 0.1) is 27.7 Å². The first-order valence-electron chi connectivity index (χ1n) is 26.3. The monoisotopic (exact) mass is 889 g/mol. The van der Waals surface area contributed by atoms with Crippen molar-refractivity contribution in [2.75, 3.05) is 47.5 Å². The first kappa shape index (κ1) is 60.0. The third kappa shape index (κ3) is 48.3. The van der Waals surface area contributed by atoms with Crippen molar-refractivity contribution in [3.05, 3.63) is 0 Å². The molecule has 364 valence electrons. The van der Waals surface area contributed by atoms with Gasteiger partial charge in [0.1, 0.15) is 19.8 Å². The summed E-state index contributed by atoms with van der Waals surface area (Å²) in [5.74, 6) is -0.776. The van der Waals surface area contributed by atoms with Crippen molar-refractivity contribution >= 4 is 19.8 Å². The number of carbonyl (C=O) groups is 2. The molecule has 0 aliphatic heterocycles. The van der Waals surface area contributed by atoms with E-state index < -0.39 is 26.5 Å². The molecule has 0 aromatic rings. The van der Waals surface area contributed by atoms with Crippen LogP contribution in [-0.2, 0) is 32.7 Å². The van der Waals surface area contributed by atoms with Crippen LogP contribution in [0.5, 0.6) is 0 Å². The van der Waals surface area contributed by atoms with Crippen LogP contribution in [0.1, 0.15) is 264 Å². The number of nitrogens with zero attached hydrogens (tertiary/aromatic N) is 1. The number of unbranched alkanes of at least 4 members (excludes halogenated alkanes) is 35. The summed E-state index contributed by atoms with van der Waals surface area (Å²) in [7, 11) is 1.50. The third-order valence-corrected chi connectivity index (χ3v) is 12.9. The Morgan fingerprint density at radius 3 is 1.05 bits per heavy atom. The minimum absolute atomic E-state index is 0.0372. The summed E-state index contributed by atoms with van der Waals surface area (Å²) in [6.07, 6.45) is 47.2. The van der Waals surface area contributed by atoms with Gasteiger partial charge in [0.2, 0.25) is 0 Å². The Balaban J connectivity index is 4.18. The number of rotatable bonds is 49. The quantitative estimate of drug-likeness (QED) is 0.0278. The standard InChI is InChI=1S/C51H102NO8P/c1-6-8-10-12-14-16-18-20-22-24-26-28-29-31-33-35-37-39-41-43-50(53)57-47-49(48-59-61(55,56)58-46-45-52(3,4)5)60-51(54)44-42-40-38-36-34-32-30-27-25-23-21-19-17-15-13-11-9-7-2/h49H,6-48H2,1-5H3/p+1/t49-/m1/s1. The van der Waals surface area contributed by atoms with Crippen molar-refractivity contribution < 1.29 is 42.1 Å². The van der Waals surface area contributed by atoms with Gasteiger partial charge in [0.25, 0.3) is 0 Å². The maximum absolute atomic E-state index is 12.8. The molecule has 9 nitrogen and oxygen atoms in total. The molecule has 61 heavy (non-hydrogen) atoms. The fourth-order valence-electron chi connectivity index (χ4n) is 7.78. The zero-order chi connectivity index (χ0) is 45.0. The van der Waals surface area contributed by atoms with Crippen LogP contribution in [0, 0.1) is 0 Å². The lowest BCUT2D eigenvalue weighted by atomic mass is 10.0. The summed E-state index contributed by atoms with van der Waals surface area (Å²) in [4.78, 5) is 35.6. The van der Waals surface area contributed by atoms with Gasteiger partial charge >= 0.3 is 19.8 Å². The van der Waals surface area contributed by atoms with Gasteiger partial charge in [-0.25, -0.2) is 4.57 Å². The maximum Gasteiger partial charge on any atom is 0.472 e. The Hall–Kier alpha value is -0.990. The van der Waals surface area contributed by atoms with Gasteiger partial charge in [0.15, 0.2) is 6.10 Å². The molecular weight excluding hydrogens is 786 g/mol. The lowest BCUT2D eigenvalue weighted by Gasteiger charge is -2.24. The summed E-state index contributed by atoms with van der Waals surface area (Å²) in [5, 5.41) is 0. The van der Waals surface area contributed by atoms with E-state index in [1.807, 2.05) is 21.1 Å². The lowest BCUT2D eigenvalue weighted by molar-refractivity contribution is -0.870. The zero-order valence-corrected chi connectivity index (χ0v) is 42.1. The zero-order valence-electron chi connectivity index (χ0n) is 41.2. The highest BCUT2D eigenvalue weighted by atomic mass is 31.2. The Labute approximate surface area is 378 Å². The van der Waals surface area contributed by atoms with Crippen LogP contribution in [0.3, 0.4) is 0 Å². The van der Waals surface area contributed by atoms with E-state index >= 15 is 0 Å². The molecule has 0 saturated carbocycles. The molecule has 0 heterocycles. The van der Waals surface area contributed by atoms with Gasteiger partial charge in [-0.15, -0.1) is 0 Å². The van der Waals surface area contributed by atoms with Crippen molar-refractivity contribution in [1.29, 1.82) is 0 Å². The smallest absolute Gasteiger partial charge is 0.462 e. The van der Waals surface area contributed by atoms with Crippen molar-refractivity contribution in [3.63, 3.8) is 0 Å². The molecule has 10 heteroatoms. The molecular formula is C51H103NO8P+. The van der Waals surface area contributed by atoms with Crippen molar-refractivity contribution in [3.8, 4) is 0 Å². The number of quaternary nitrogens is 1. The van der Waals surface area contributed by atoms with E-state index in [2.05, 4.69) is 13.8 Å². The van der Waals surface area contributed by atoms with Crippen molar-refractivity contribution in [2.24, 2.45) is 0 Å². The molecule has 0 amide bonds. The molecule has 1 N–H and O–H groups in total. The lowest BCUT2D eigenvalue weighted by Crippen LogP contribution is -2.37. The van der Waals surface area contributed by atoms with Crippen LogP contribution in [0.2, 0.25) is 0 Å². The first-order valence-corrected chi connectivity index (χ1v) is 27.8. The number of ether oxygens (including phenoxy) is 2. The van der Waals surface area contributed by atoms with Gasteiger partial charge in [-0.1, -0.05) is 239 Å². The van der Waals surface area contributed by atoms with Crippen LogP contribution >= 0.6 is 7.82 Å². The highest BCUT2D eigenvalue weighted by Gasteiger charge is 2.27. The highest BCUT2D eigenvalue weighted by molar-refractivity contribution is 7.47. The van der Waals surface area contributed by atoms with E-state index in [1.54, 1.807) is 0 Å². The molecule has 0 saturated heterocycles. The molecule has 0 rings (SSSR count). The van der Waals surface area contributed by atoms with Gasteiger partial charge < -0.3 is 18.9 Å². The molecule has 0 aliphatic carbocycles. The van der Waals surface area contributed by atoms with Crippen LogP contribution in [-0.4, -0.2) is 74.9 Å². The number of likely N-dealkylation sites (N-methyl/N-ethyl adjacent to an activating group) is 1. The van der Waals surface area contributed by atoms with Crippen LogP contribution in [0.4, 0.5) is 0 Å². The highest BCUT2D eigenvalue weighted by Crippen LogP contribution is 2.43. The van der Waals surface area contributed by atoms with Gasteiger partial charge in [-0.2, -0.15) is 0 Å². The Morgan fingerprint density at radius 1 is 0.443 bits per heavy atom. The molecule has 0 fully saturated rings. The minimum Gasteiger partial charge on any atom is -0.462 e. The largest absolute Gasteiger partial charge is 0.472 e. The van der Waals surface area contributed by atoms with E-state index in [4.69, 9.17) is 18.5 Å². The number of hydrogen-bond donors (Lipinski definition) is 1. The number of carbonyl (C=O) groups excluding carboxylic acids is 2. The summed E-state index contributed by atoms with van der Waals surface area (Å²) in [6.45, 7) is 4.49. The molecule has 0 spiro atoms. The molecule has 0 aromatic heterocycles. The first-order chi connectivity index (χ1) is 29.5. The molecule has 0 bridgehead atoms. The van der Waals surface area contributed by atoms with E-state index in [-0.39, 0.29) is 25.6 Å². The van der Waals surface area contributed by atoms with E-state index in [0.717, 1.165) is 38.5 Å². The molecule has 0 aliphatic rings. The average Bonchev–Trinajstić information content (AvgIpc) is 3.21. The molecule has 0 radical (unpaired) electrons. The van der Waals surface area contributed by atoms with Gasteiger partial charge in [-0.3, -0.25) is 18.6 Å². The molecule has 0 aromatic carbocycles. The summed E-state index contributed by atoms with van der Waals surface area (Å²) < 4.78 is 34.5. The Kier molecular flexibility index (Phi) is 43.5. The van der Waals surface area contributed by atoms with Crippen LogP contribution < -0.4 is 0 Å². The number of esters is 2. The third-order valence-electron chi connectivity index (χ3n) is 11.9. The number of phosphoric acid groups is 1. The maximum atomic E-state index is 12.8. The molecule has 1 unspecified atom stereocenters. The fraction of sp³-hybridized carbons (Fsp3) is 0.961. The van der Waals surface area contributed by atoms with Crippen molar-refractivity contribution in [2.45, 2.75) is 270 Å². The van der Waals surface area contributed by atoms with Gasteiger partial charge in [-0.05, 0) is 12.8 Å². The average molecular weight is 889 g/mol. The SMILES string of the molecule is CCCCCCCCCCCCCCCCCCCCCC(=O)OC[C@H](COP(=O)(O)OCC[N+](C)(C)C)OC(=O)CCCCCCCCCCCCCCCCCCCC. The van der Waals surface area contributed by atoms with Crippen LogP contribution in [0.25, 0.3) is 0 Å². The number of phosphoric ester groups is 1. The second-order valence-corrected chi connectivity index (χ2v) is 20.7. The topological polar surface area (TPSA) is 108 Å². The normalized spacial score (nSPS) is 13.3. The van der Waals surface area contributed by atoms with Gasteiger partial charge in [0, 0.05) is 12.8 Å². The predicted molar refractivity (Wildman–Crippen MR) is 257 cm³/mol. The Morgan fingerprint density at radius 2 is 0.738 bits per heavy atom. The molecule has 2 atom stereocenters. The van der Waals surface area contributed by atoms with E-state index in [0.29, 0.717) is 17.4 Å². The second-order valence-electron chi connectivity index (χ2n) is 19.3. The summed E-state index contributed by atoms with van der Waals surface area (Å²) >= 11 is 0. The predicted octanol–water partition coefficient (Wildman–Crippen LogP) is 15.5. The number of hydrogen-bond acceptors (Lipinski definition) is 7. The minimum atomic E-state index is -4.37. The second kappa shape index (κ2) is 44.2. The summed E-state index contributed by atoms with van der Waals surface area (Å²) in [5.41, 5.74) is 0. The van der Waals surface area contributed by atoms with Crippen molar-refractivity contribution in [1.82, 2.24) is 0 Å². The Bertz CT molecular complexity index is 1010. The summed E-state index contributed by atoms with van der Waals surface area (Å²) in [6, 6.07) is 0.